The van der Waals surface area contributed by atoms with Crippen LogP contribution in [0, 0.1) is 19.8 Å². The summed E-state index contributed by atoms with van der Waals surface area (Å²) < 4.78 is 35.6. The fourth-order valence-electron chi connectivity index (χ4n) is 4.08. The van der Waals surface area contributed by atoms with Crippen LogP contribution in [0.4, 0.5) is 5.13 Å². The number of carbonyl (C=O) groups excluding carboxylic acids is 2. The van der Waals surface area contributed by atoms with E-state index in [0.717, 1.165) is 0 Å². The van der Waals surface area contributed by atoms with Gasteiger partial charge in [-0.2, -0.15) is 4.31 Å². The summed E-state index contributed by atoms with van der Waals surface area (Å²) in [6, 6.07) is 0. The van der Waals surface area contributed by atoms with Gasteiger partial charge in [0.2, 0.25) is 15.9 Å². The van der Waals surface area contributed by atoms with E-state index in [0.29, 0.717) is 42.5 Å². The van der Waals surface area contributed by atoms with Gasteiger partial charge >= 0.3 is 5.97 Å². The molecule has 11 heteroatoms. The summed E-state index contributed by atoms with van der Waals surface area (Å²) in [6.07, 6.45) is 2.73. The van der Waals surface area contributed by atoms with E-state index in [2.05, 4.69) is 10.3 Å². The molecule has 1 N–H and O–H groups in total. The average molecular weight is 469 g/mol. The number of anilines is 1. The molecular weight excluding hydrogens is 440 g/mol. The van der Waals surface area contributed by atoms with Gasteiger partial charge in [-0.3, -0.25) is 4.79 Å². The topological polar surface area (TPSA) is 111 Å². The molecule has 1 fully saturated rings. The number of hydrogen-bond donors (Lipinski definition) is 1. The molecule has 31 heavy (non-hydrogen) atoms. The number of thiazole rings is 1. The van der Waals surface area contributed by atoms with Crippen LogP contribution in [0.1, 0.15) is 48.4 Å². The van der Waals surface area contributed by atoms with Gasteiger partial charge in [0.15, 0.2) is 5.13 Å². The lowest BCUT2D eigenvalue weighted by molar-refractivity contribution is -0.120. The number of esters is 1. The van der Waals surface area contributed by atoms with Crippen molar-refractivity contribution < 1.29 is 22.7 Å². The van der Waals surface area contributed by atoms with E-state index in [4.69, 9.17) is 4.74 Å². The first-order valence-electron chi connectivity index (χ1n) is 10.3. The van der Waals surface area contributed by atoms with E-state index in [1.807, 2.05) is 6.92 Å². The number of nitrogens with one attached hydrogen (secondary N) is 1. The van der Waals surface area contributed by atoms with Gasteiger partial charge < -0.3 is 14.6 Å². The number of amides is 1. The molecule has 9 nitrogen and oxygen atoms in total. The van der Waals surface area contributed by atoms with Crippen molar-refractivity contribution in [3.05, 3.63) is 28.5 Å². The zero-order chi connectivity index (χ0) is 22.8. The van der Waals surface area contributed by atoms with Crippen molar-refractivity contribution in [2.24, 2.45) is 5.92 Å². The maximum Gasteiger partial charge on any atom is 0.341 e. The SMILES string of the molecule is CCOC(=O)c1c(S(=O)(=O)N2CCCC(C(=O)Nc3nccs3)C2)c(C)n(CC)c1C. The molecule has 1 unspecified atom stereocenters. The van der Waals surface area contributed by atoms with E-state index in [1.54, 1.807) is 36.9 Å². The lowest BCUT2D eigenvalue weighted by Gasteiger charge is -2.31. The molecule has 3 rings (SSSR count). The normalized spacial score (nSPS) is 17.5. The van der Waals surface area contributed by atoms with Crippen molar-refractivity contribution in [2.75, 3.05) is 25.0 Å². The van der Waals surface area contributed by atoms with Crippen LogP contribution in [-0.4, -0.2) is 53.8 Å². The standard InChI is InChI=1S/C20H28N4O5S2/c1-5-24-13(3)16(19(26)29-6-2)17(14(24)4)31(27,28)23-10-7-8-15(12-23)18(25)22-20-21-9-11-30-20/h9,11,15H,5-8,10,12H2,1-4H3,(H,21,22,25). The molecule has 1 aliphatic heterocycles. The van der Waals surface area contributed by atoms with Crippen LogP contribution in [0.15, 0.2) is 16.5 Å². The van der Waals surface area contributed by atoms with Gasteiger partial charge in [0.05, 0.1) is 12.5 Å². The minimum absolute atomic E-state index is 0.0220. The van der Waals surface area contributed by atoms with Gasteiger partial charge in [0.25, 0.3) is 0 Å². The Hall–Kier alpha value is -2.24. The quantitative estimate of drug-likeness (QED) is 0.626. The summed E-state index contributed by atoms with van der Waals surface area (Å²) in [7, 11) is -4.01. The van der Waals surface area contributed by atoms with Gasteiger partial charge in [-0.05, 0) is 40.5 Å². The van der Waals surface area contributed by atoms with E-state index < -0.39 is 21.9 Å². The molecular formula is C20H28N4O5S2. The molecule has 0 radical (unpaired) electrons. The van der Waals surface area contributed by atoms with Crippen molar-refractivity contribution in [2.45, 2.75) is 52.0 Å². The highest BCUT2D eigenvalue weighted by Gasteiger charge is 2.39. The molecule has 2 aromatic rings. The molecule has 1 atom stereocenters. The largest absolute Gasteiger partial charge is 0.462 e. The number of carbonyl (C=O) groups is 2. The Balaban J connectivity index is 1.93. The zero-order valence-corrected chi connectivity index (χ0v) is 19.8. The number of sulfonamides is 1. The lowest BCUT2D eigenvalue weighted by Crippen LogP contribution is -2.44. The highest BCUT2D eigenvalue weighted by molar-refractivity contribution is 7.89. The monoisotopic (exact) mass is 468 g/mol. The van der Waals surface area contributed by atoms with Gasteiger partial charge in [-0.15, -0.1) is 11.3 Å². The van der Waals surface area contributed by atoms with Gasteiger partial charge in [0.1, 0.15) is 10.5 Å². The van der Waals surface area contributed by atoms with Crippen LogP contribution < -0.4 is 5.32 Å². The molecule has 1 aliphatic rings. The summed E-state index contributed by atoms with van der Waals surface area (Å²) in [5.74, 6) is -1.39. The molecule has 170 valence electrons. The van der Waals surface area contributed by atoms with E-state index in [-0.39, 0.29) is 29.5 Å². The molecule has 0 aliphatic carbocycles. The minimum atomic E-state index is -4.01. The summed E-state index contributed by atoms with van der Waals surface area (Å²) >= 11 is 1.31. The number of ether oxygens (including phenoxy) is 1. The Kier molecular flexibility index (Phi) is 7.17. The highest BCUT2D eigenvalue weighted by atomic mass is 32.2. The highest BCUT2D eigenvalue weighted by Crippen LogP contribution is 2.33. The van der Waals surface area contributed by atoms with E-state index in [1.165, 1.54) is 15.6 Å². The summed E-state index contributed by atoms with van der Waals surface area (Å²) in [5.41, 5.74) is 1.14. The molecule has 2 aromatic heterocycles. The minimum Gasteiger partial charge on any atom is -0.462 e. The molecule has 3 heterocycles. The smallest absolute Gasteiger partial charge is 0.341 e. The van der Waals surface area contributed by atoms with Crippen molar-refractivity contribution in [3.63, 3.8) is 0 Å². The Morgan fingerprint density at radius 2 is 2.03 bits per heavy atom. The number of nitrogens with zero attached hydrogens (tertiary/aromatic N) is 3. The van der Waals surface area contributed by atoms with Crippen LogP contribution >= 0.6 is 11.3 Å². The van der Waals surface area contributed by atoms with Crippen LogP contribution in [0.25, 0.3) is 0 Å². The fraction of sp³-hybridized carbons (Fsp3) is 0.550. The first kappa shape index (κ1) is 23.4. The lowest BCUT2D eigenvalue weighted by atomic mass is 9.99. The zero-order valence-electron chi connectivity index (χ0n) is 18.2. The summed E-state index contributed by atoms with van der Waals surface area (Å²) in [6.45, 7) is 8.02. The van der Waals surface area contributed by atoms with Gasteiger partial charge in [-0.1, -0.05) is 0 Å². The van der Waals surface area contributed by atoms with Crippen LogP contribution in [-0.2, 0) is 26.1 Å². The second-order valence-corrected chi connectivity index (χ2v) is 10.1. The average Bonchev–Trinajstić information content (AvgIpc) is 3.33. The fourth-order valence-corrected chi connectivity index (χ4v) is 6.59. The molecule has 1 saturated heterocycles. The third-order valence-electron chi connectivity index (χ3n) is 5.54. The predicted molar refractivity (Wildman–Crippen MR) is 118 cm³/mol. The second kappa shape index (κ2) is 9.49. The van der Waals surface area contributed by atoms with Gasteiger partial charge in [-0.25, -0.2) is 18.2 Å². The van der Waals surface area contributed by atoms with Crippen molar-refractivity contribution >= 4 is 38.4 Å². The van der Waals surface area contributed by atoms with Crippen molar-refractivity contribution in [1.29, 1.82) is 0 Å². The molecule has 0 spiro atoms. The molecule has 0 aromatic carbocycles. The first-order valence-corrected chi connectivity index (χ1v) is 12.6. The van der Waals surface area contributed by atoms with E-state index >= 15 is 0 Å². The maximum absolute atomic E-state index is 13.7. The number of aromatic nitrogens is 2. The first-order chi connectivity index (χ1) is 14.7. The number of piperidine rings is 1. The van der Waals surface area contributed by atoms with Crippen LogP contribution in [0.3, 0.4) is 0 Å². The summed E-state index contributed by atoms with van der Waals surface area (Å²) in [5, 5.41) is 5.00. The predicted octanol–water partition coefficient (Wildman–Crippen LogP) is 2.80. The second-order valence-electron chi connectivity index (χ2n) is 7.37. The third-order valence-corrected chi connectivity index (χ3v) is 8.25. The molecule has 0 bridgehead atoms. The van der Waals surface area contributed by atoms with E-state index in [9.17, 15) is 18.0 Å². The summed E-state index contributed by atoms with van der Waals surface area (Å²) in [4.78, 5) is 29.3. The third kappa shape index (κ3) is 4.53. The number of hydrogen-bond acceptors (Lipinski definition) is 7. The van der Waals surface area contributed by atoms with Crippen molar-refractivity contribution in [1.82, 2.24) is 13.9 Å². The maximum atomic E-state index is 13.7. The van der Waals surface area contributed by atoms with Crippen molar-refractivity contribution in [3.8, 4) is 0 Å². The molecule has 0 saturated carbocycles. The Labute approximate surface area is 186 Å². The molecule has 1 amide bonds. The Bertz CT molecular complexity index is 1060. The Morgan fingerprint density at radius 1 is 1.29 bits per heavy atom. The Morgan fingerprint density at radius 3 is 2.65 bits per heavy atom. The van der Waals surface area contributed by atoms with Crippen LogP contribution in [0.2, 0.25) is 0 Å². The number of rotatable bonds is 7. The van der Waals surface area contributed by atoms with Crippen LogP contribution in [0.5, 0.6) is 0 Å². The van der Waals surface area contributed by atoms with Gasteiger partial charge in [0, 0.05) is 42.6 Å².